The minimum absolute atomic E-state index is 0.394. The molecule has 0 N–H and O–H groups in total. The van der Waals surface area contributed by atoms with Gasteiger partial charge in [0.05, 0.1) is 12.7 Å². The maximum Gasteiger partial charge on any atom is 0.241 e. The van der Waals surface area contributed by atoms with E-state index in [-0.39, 0.29) is 0 Å². The molecule has 3 aromatic rings. The van der Waals surface area contributed by atoms with Gasteiger partial charge >= 0.3 is 0 Å². The number of likely N-dealkylation sites (tertiary alicyclic amines) is 1. The van der Waals surface area contributed by atoms with E-state index in [9.17, 15) is 0 Å². The van der Waals surface area contributed by atoms with Crippen LogP contribution in [-0.4, -0.2) is 31.4 Å². The van der Waals surface area contributed by atoms with E-state index >= 15 is 0 Å². The van der Waals surface area contributed by atoms with Gasteiger partial charge in [-0.3, -0.25) is 9.58 Å². The van der Waals surface area contributed by atoms with Gasteiger partial charge in [-0.15, -0.1) is 0 Å². The molecule has 114 valence electrons. The lowest BCUT2D eigenvalue weighted by Gasteiger charge is -2.21. The molecule has 0 bridgehead atoms. The highest BCUT2D eigenvalue weighted by atomic mass is 32.1. The number of aryl methyl sites for hydroxylation is 1. The molecule has 1 atom stereocenters. The fraction of sp³-hybridized carbons (Fsp3) is 0.400. The van der Waals surface area contributed by atoms with E-state index in [1.807, 2.05) is 34.8 Å². The van der Waals surface area contributed by atoms with Crippen molar-refractivity contribution >= 4 is 11.3 Å². The Morgan fingerprint density at radius 3 is 3.18 bits per heavy atom. The van der Waals surface area contributed by atoms with Crippen LogP contribution < -0.4 is 0 Å². The minimum atomic E-state index is 0.394. The average molecular weight is 315 g/mol. The maximum absolute atomic E-state index is 5.42. The van der Waals surface area contributed by atoms with Gasteiger partial charge in [-0.1, -0.05) is 5.16 Å². The lowest BCUT2D eigenvalue weighted by Crippen LogP contribution is -2.22. The molecule has 0 radical (unpaired) electrons. The first kappa shape index (κ1) is 13.7. The van der Waals surface area contributed by atoms with Crippen LogP contribution in [0.25, 0.3) is 11.4 Å². The number of hydrogen-bond donors (Lipinski definition) is 0. The van der Waals surface area contributed by atoms with Crippen LogP contribution in [0.4, 0.5) is 0 Å². The third kappa shape index (κ3) is 2.57. The fourth-order valence-electron chi connectivity index (χ4n) is 3.01. The first-order chi connectivity index (χ1) is 10.8. The largest absolute Gasteiger partial charge is 0.338 e. The van der Waals surface area contributed by atoms with Crippen molar-refractivity contribution in [1.82, 2.24) is 24.8 Å². The molecular weight excluding hydrogens is 298 g/mol. The minimum Gasteiger partial charge on any atom is -0.338 e. The van der Waals surface area contributed by atoms with E-state index in [0.29, 0.717) is 24.3 Å². The zero-order valence-corrected chi connectivity index (χ0v) is 13.2. The number of hydrogen-bond acceptors (Lipinski definition) is 6. The highest BCUT2D eigenvalue weighted by Crippen LogP contribution is 2.32. The molecule has 3 aromatic heterocycles. The number of nitrogens with zero attached hydrogens (tertiary/aromatic N) is 5. The summed E-state index contributed by atoms with van der Waals surface area (Å²) in [5.41, 5.74) is 2.28. The van der Waals surface area contributed by atoms with Gasteiger partial charge < -0.3 is 4.52 Å². The molecule has 0 aliphatic carbocycles. The summed E-state index contributed by atoms with van der Waals surface area (Å²) in [5, 5.41) is 12.4. The second-order valence-electron chi connectivity index (χ2n) is 5.60. The Bertz CT molecular complexity index is 748. The predicted octanol–water partition coefficient (Wildman–Crippen LogP) is 2.87. The zero-order chi connectivity index (χ0) is 14.9. The summed E-state index contributed by atoms with van der Waals surface area (Å²) in [7, 11) is 1.95. The molecule has 1 saturated heterocycles. The highest BCUT2D eigenvalue weighted by Gasteiger charge is 2.28. The highest BCUT2D eigenvalue weighted by molar-refractivity contribution is 7.08. The van der Waals surface area contributed by atoms with Crippen LogP contribution in [0.1, 0.15) is 30.3 Å². The summed E-state index contributed by atoms with van der Waals surface area (Å²) in [6.07, 6.45) is 6.38. The molecule has 0 spiro atoms. The molecule has 1 aliphatic heterocycles. The molecule has 7 heteroatoms. The van der Waals surface area contributed by atoms with Crippen LogP contribution in [0, 0.1) is 0 Å². The third-order valence-corrected chi connectivity index (χ3v) is 4.74. The first-order valence-corrected chi connectivity index (χ1v) is 8.31. The average Bonchev–Trinajstić information content (AvgIpc) is 3.26. The van der Waals surface area contributed by atoms with E-state index in [0.717, 1.165) is 18.5 Å². The van der Waals surface area contributed by atoms with Crippen molar-refractivity contribution in [2.24, 2.45) is 7.05 Å². The van der Waals surface area contributed by atoms with Crippen molar-refractivity contribution in [2.75, 3.05) is 6.54 Å². The Kier molecular flexibility index (Phi) is 3.51. The number of rotatable bonds is 4. The van der Waals surface area contributed by atoms with Gasteiger partial charge in [0.2, 0.25) is 11.7 Å². The van der Waals surface area contributed by atoms with E-state index in [1.165, 1.54) is 12.0 Å². The molecule has 0 unspecified atom stereocenters. The number of thiophene rings is 1. The molecule has 4 heterocycles. The van der Waals surface area contributed by atoms with E-state index < -0.39 is 0 Å². The van der Waals surface area contributed by atoms with Crippen molar-refractivity contribution in [3.8, 4) is 11.4 Å². The van der Waals surface area contributed by atoms with Crippen molar-refractivity contribution in [1.29, 1.82) is 0 Å². The molecule has 1 aliphatic rings. The van der Waals surface area contributed by atoms with E-state index in [4.69, 9.17) is 4.52 Å². The van der Waals surface area contributed by atoms with Gasteiger partial charge in [0.25, 0.3) is 0 Å². The van der Waals surface area contributed by atoms with E-state index in [1.54, 1.807) is 11.3 Å². The van der Waals surface area contributed by atoms with Crippen LogP contribution in [-0.2, 0) is 13.6 Å². The van der Waals surface area contributed by atoms with Crippen molar-refractivity contribution in [2.45, 2.75) is 25.4 Å². The number of aromatic nitrogens is 4. The Hall–Kier alpha value is -1.99. The van der Waals surface area contributed by atoms with Crippen molar-refractivity contribution < 1.29 is 4.52 Å². The molecule has 1 fully saturated rings. The molecule has 0 aromatic carbocycles. The summed E-state index contributed by atoms with van der Waals surface area (Å²) in [6, 6.07) is 2.40. The topological polar surface area (TPSA) is 60.0 Å². The summed E-state index contributed by atoms with van der Waals surface area (Å²) in [5.74, 6) is 1.35. The third-order valence-electron chi connectivity index (χ3n) is 4.06. The van der Waals surface area contributed by atoms with Gasteiger partial charge in [-0.2, -0.15) is 21.4 Å². The molecule has 22 heavy (non-hydrogen) atoms. The van der Waals surface area contributed by atoms with Crippen molar-refractivity contribution in [3.63, 3.8) is 0 Å². The standard InChI is InChI=1S/C15H17N5OS/c1-19-8-12(7-16-19)13-3-2-5-20(13)9-14-17-15(18-21-14)11-4-6-22-10-11/h4,6-8,10,13H,2-3,5,9H2,1H3/t13-/m1/s1. The summed E-state index contributed by atoms with van der Waals surface area (Å²) in [4.78, 5) is 6.91. The zero-order valence-electron chi connectivity index (χ0n) is 12.3. The molecule has 0 saturated carbocycles. The molecular formula is C15H17N5OS. The summed E-state index contributed by atoms with van der Waals surface area (Å²) in [6.45, 7) is 1.74. The second-order valence-corrected chi connectivity index (χ2v) is 6.38. The summed E-state index contributed by atoms with van der Waals surface area (Å²) < 4.78 is 7.28. The van der Waals surface area contributed by atoms with Crippen molar-refractivity contribution in [3.05, 3.63) is 40.7 Å². The smallest absolute Gasteiger partial charge is 0.241 e. The van der Waals surface area contributed by atoms with Crippen LogP contribution in [0.15, 0.2) is 33.7 Å². The van der Waals surface area contributed by atoms with Crippen LogP contribution in [0.2, 0.25) is 0 Å². The Morgan fingerprint density at radius 2 is 2.41 bits per heavy atom. The van der Waals surface area contributed by atoms with Gasteiger partial charge in [0.1, 0.15) is 0 Å². The van der Waals surface area contributed by atoms with Gasteiger partial charge in [-0.25, -0.2) is 0 Å². The normalized spacial score (nSPS) is 19.0. The quantitative estimate of drug-likeness (QED) is 0.741. The monoisotopic (exact) mass is 315 g/mol. The van der Waals surface area contributed by atoms with Crippen LogP contribution >= 0.6 is 11.3 Å². The van der Waals surface area contributed by atoms with E-state index in [2.05, 4.69) is 26.3 Å². The van der Waals surface area contributed by atoms with Gasteiger partial charge in [0, 0.05) is 35.8 Å². The van der Waals surface area contributed by atoms with Gasteiger partial charge in [0.15, 0.2) is 0 Å². The fourth-order valence-corrected chi connectivity index (χ4v) is 3.64. The lowest BCUT2D eigenvalue weighted by atomic mass is 10.1. The molecule has 6 nitrogen and oxygen atoms in total. The second kappa shape index (κ2) is 5.66. The lowest BCUT2D eigenvalue weighted by molar-refractivity contribution is 0.212. The Morgan fingerprint density at radius 1 is 1.45 bits per heavy atom. The van der Waals surface area contributed by atoms with Crippen LogP contribution in [0.5, 0.6) is 0 Å². The predicted molar refractivity (Wildman–Crippen MR) is 83.2 cm³/mol. The van der Waals surface area contributed by atoms with Crippen LogP contribution in [0.3, 0.4) is 0 Å². The maximum atomic E-state index is 5.42. The SMILES string of the molecule is Cn1cc([C@H]2CCCN2Cc2nc(-c3ccsc3)no2)cn1. The Balaban J connectivity index is 1.50. The van der Waals surface area contributed by atoms with Gasteiger partial charge in [-0.05, 0) is 30.8 Å². The Labute approximate surface area is 132 Å². The molecule has 4 rings (SSSR count). The first-order valence-electron chi connectivity index (χ1n) is 7.37. The molecule has 0 amide bonds. The summed E-state index contributed by atoms with van der Waals surface area (Å²) >= 11 is 1.64.